The van der Waals surface area contributed by atoms with Gasteiger partial charge in [-0.05, 0) is 35.0 Å². The zero-order valence-corrected chi connectivity index (χ0v) is 9.48. The van der Waals surface area contributed by atoms with E-state index in [9.17, 15) is 9.59 Å². The van der Waals surface area contributed by atoms with Crippen molar-refractivity contribution in [2.45, 2.75) is 6.92 Å². The normalized spacial score (nSPS) is 9.47. The highest BCUT2D eigenvalue weighted by Crippen LogP contribution is 2.08. The van der Waals surface area contributed by atoms with Crippen LogP contribution in [0, 0.1) is 0 Å². The molecule has 1 heterocycles. The highest BCUT2D eigenvalue weighted by atomic mass is 79.9. The quantitative estimate of drug-likeness (QED) is 0.610. The summed E-state index contributed by atoms with van der Waals surface area (Å²) in [7, 11) is 0. The second-order valence-corrected chi connectivity index (χ2v) is 3.35. The Labute approximate surface area is 94.5 Å². The number of hydrogen-bond acceptors (Lipinski definition) is 5. The lowest BCUT2D eigenvalue weighted by Crippen LogP contribution is -2.14. The third kappa shape index (κ3) is 3.67. The number of rotatable bonds is 2. The van der Waals surface area contributed by atoms with Crippen LogP contribution in [0.15, 0.2) is 22.8 Å². The van der Waals surface area contributed by atoms with Crippen LogP contribution in [-0.4, -0.2) is 23.7 Å². The van der Waals surface area contributed by atoms with Crippen molar-refractivity contribution in [3.63, 3.8) is 0 Å². The second-order valence-electron chi connectivity index (χ2n) is 2.43. The Morgan fingerprint density at radius 2 is 2.20 bits per heavy atom. The van der Waals surface area contributed by atoms with Gasteiger partial charge < -0.3 is 9.47 Å². The van der Waals surface area contributed by atoms with Crippen LogP contribution in [0.4, 0.5) is 4.79 Å². The zero-order valence-electron chi connectivity index (χ0n) is 7.90. The van der Waals surface area contributed by atoms with Crippen LogP contribution in [0.25, 0.3) is 0 Å². The van der Waals surface area contributed by atoms with E-state index in [1.165, 1.54) is 12.3 Å². The molecule has 0 radical (unpaired) electrons. The summed E-state index contributed by atoms with van der Waals surface area (Å²) in [6, 6.07) is 3.06. The average Bonchev–Trinajstić information content (AvgIpc) is 2.18. The van der Waals surface area contributed by atoms with Crippen molar-refractivity contribution in [2.24, 2.45) is 0 Å². The monoisotopic (exact) mass is 273 g/mol. The summed E-state index contributed by atoms with van der Waals surface area (Å²) in [6.07, 6.45) is 0.411. The van der Waals surface area contributed by atoms with E-state index in [4.69, 9.17) is 0 Å². The number of esters is 1. The summed E-state index contributed by atoms with van der Waals surface area (Å²) in [5.41, 5.74) is 0.0475. The molecule has 5 nitrogen and oxygen atoms in total. The molecular formula is C9H8BrNO4. The first-order valence-corrected chi connectivity index (χ1v) is 4.93. The summed E-state index contributed by atoms with van der Waals surface area (Å²) in [6.45, 7) is 1.77. The van der Waals surface area contributed by atoms with E-state index in [-0.39, 0.29) is 12.3 Å². The highest BCUT2D eigenvalue weighted by Gasteiger charge is 2.14. The molecule has 0 spiro atoms. The van der Waals surface area contributed by atoms with Crippen LogP contribution in [0.1, 0.15) is 17.4 Å². The third-order valence-electron chi connectivity index (χ3n) is 1.37. The molecule has 0 fully saturated rings. The Bertz CT molecular complexity index is 363. The number of aromatic nitrogens is 1. The number of carbonyl (C=O) groups is 2. The van der Waals surface area contributed by atoms with Crippen LogP contribution >= 0.6 is 15.9 Å². The van der Waals surface area contributed by atoms with E-state index in [1.54, 1.807) is 13.0 Å². The molecule has 0 amide bonds. The van der Waals surface area contributed by atoms with E-state index >= 15 is 0 Å². The molecule has 0 unspecified atom stereocenters. The van der Waals surface area contributed by atoms with Crippen molar-refractivity contribution in [2.75, 3.05) is 6.61 Å². The molecule has 0 aromatic carbocycles. The van der Waals surface area contributed by atoms with Crippen LogP contribution in [-0.2, 0) is 9.47 Å². The van der Waals surface area contributed by atoms with Gasteiger partial charge in [0.1, 0.15) is 5.69 Å². The topological polar surface area (TPSA) is 65.5 Å². The maximum absolute atomic E-state index is 11.2. The lowest BCUT2D eigenvalue weighted by Gasteiger charge is -2.01. The van der Waals surface area contributed by atoms with E-state index in [2.05, 4.69) is 30.4 Å². The minimum atomic E-state index is -1.02. The van der Waals surface area contributed by atoms with Crippen LogP contribution < -0.4 is 0 Å². The average molecular weight is 274 g/mol. The minimum Gasteiger partial charge on any atom is -0.434 e. The molecule has 6 heteroatoms. The first-order valence-electron chi connectivity index (χ1n) is 4.14. The molecule has 0 aliphatic rings. The summed E-state index contributed by atoms with van der Waals surface area (Å²) >= 11 is 3.16. The highest BCUT2D eigenvalue weighted by molar-refractivity contribution is 9.10. The number of halogens is 1. The van der Waals surface area contributed by atoms with Crippen molar-refractivity contribution < 1.29 is 19.1 Å². The van der Waals surface area contributed by atoms with Crippen molar-refractivity contribution >= 4 is 28.1 Å². The van der Waals surface area contributed by atoms with Crippen molar-refractivity contribution in [3.8, 4) is 0 Å². The molecule has 1 aromatic heterocycles. The Kier molecular flexibility index (Phi) is 4.23. The third-order valence-corrected chi connectivity index (χ3v) is 1.84. The maximum Gasteiger partial charge on any atom is 0.516 e. The fourth-order valence-corrected chi connectivity index (χ4v) is 1.01. The van der Waals surface area contributed by atoms with Gasteiger partial charge in [0.2, 0.25) is 0 Å². The van der Waals surface area contributed by atoms with Gasteiger partial charge in [-0.2, -0.15) is 0 Å². The smallest absolute Gasteiger partial charge is 0.434 e. The number of hydrogen-bond donors (Lipinski definition) is 0. The van der Waals surface area contributed by atoms with Crippen molar-refractivity contribution in [3.05, 3.63) is 28.5 Å². The Hall–Kier alpha value is -1.43. The van der Waals surface area contributed by atoms with Gasteiger partial charge in [-0.1, -0.05) is 0 Å². The molecule has 80 valence electrons. The SMILES string of the molecule is CCOC(=O)OC(=O)c1ccc(Br)cn1. The standard InChI is InChI=1S/C9H8BrNO4/c1-2-14-9(13)15-8(12)7-4-3-6(10)5-11-7/h3-5H,2H2,1H3. The molecule has 1 rings (SSSR count). The first kappa shape index (κ1) is 11.6. The summed E-state index contributed by atoms with van der Waals surface area (Å²) in [5.74, 6) is -0.832. The molecule has 0 aliphatic heterocycles. The van der Waals surface area contributed by atoms with E-state index in [1.807, 2.05) is 0 Å². The van der Waals surface area contributed by atoms with Gasteiger partial charge in [0.25, 0.3) is 0 Å². The first-order chi connectivity index (χ1) is 7.13. The predicted octanol–water partition coefficient (Wildman–Crippen LogP) is 2.16. The zero-order chi connectivity index (χ0) is 11.3. The van der Waals surface area contributed by atoms with Crippen molar-refractivity contribution in [1.29, 1.82) is 0 Å². The molecule has 0 aliphatic carbocycles. The summed E-state index contributed by atoms with van der Waals surface area (Å²) < 4.78 is 9.51. The predicted molar refractivity (Wildman–Crippen MR) is 54.4 cm³/mol. The largest absolute Gasteiger partial charge is 0.516 e. The Morgan fingerprint density at radius 1 is 1.47 bits per heavy atom. The number of pyridine rings is 1. The molecule has 15 heavy (non-hydrogen) atoms. The molecule has 0 atom stereocenters. The van der Waals surface area contributed by atoms with E-state index in [0.717, 1.165) is 4.47 Å². The fourth-order valence-electron chi connectivity index (χ4n) is 0.772. The number of ether oxygens (including phenoxy) is 2. The Balaban J connectivity index is 2.61. The summed E-state index contributed by atoms with van der Waals surface area (Å²) in [5, 5.41) is 0. The lowest BCUT2D eigenvalue weighted by atomic mass is 10.4. The van der Waals surface area contributed by atoms with Gasteiger partial charge in [-0.25, -0.2) is 14.6 Å². The van der Waals surface area contributed by atoms with Crippen molar-refractivity contribution in [1.82, 2.24) is 4.98 Å². The molecule has 0 saturated heterocycles. The second kappa shape index (κ2) is 5.45. The van der Waals surface area contributed by atoms with E-state index < -0.39 is 12.1 Å². The summed E-state index contributed by atoms with van der Waals surface area (Å²) in [4.78, 5) is 25.8. The number of carbonyl (C=O) groups excluding carboxylic acids is 2. The van der Waals surface area contributed by atoms with Crippen LogP contribution in [0.3, 0.4) is 0 Å². The van der Waals surface area contributed by atoms with Gasteiger partial charge in [0.05, 0.1) is 6.61 Å². The van der Waals surface area contributed by atoms with Gasteiger partial charge in [0, 0.05) is 10.7 Å². The van der Waals surface area contributed by atoms with Gasteiger partial charge in [-0.15, -0.1) is 0 Å². The van der Waals surface area contributed by atoms with Crippen LogP contribution in [0.5, 0.6) is 0 Å². The Morgan fingerprint density at radius 3 is 2.73 bits per heavy atom. The van der Waals surface area contributed by atoms with E-state index in [0.29, 0.717) is 0 Å². The van der Waals surface area contributed by atoms with Gasteiger partial charge >= 0.3 is 12.1 Å². The molecule has 0 bridgehead atoms. The molecular weight excluding hydrogens is 266 g/mol. The lowest BCUT2D eigenvalue weighted by molar-refractivity contribution is 0.0396. The van der Waals surface area contributed by atoms with Gasteiger partial charge in [0.15, 0.2) is 0 Å². The maximum atomic E-state index is 11.2. The van der Waals surface area contributed by atoms with Crippen LogP contribution in [0.2, 0.25) is 0 Å². The molecule has 0 N–H and O–H groups in total. The fraction of sp³-hybridized carbons (Fsp3) is 0.222. The minimum absolute atomic E-state index is 0.0475. The molecule has 0 saturated carbocycles. The van der Waals surface area contributed by atoms with Gasteiger partial charge in [-0.3, -0.25) is 0 Å². The number of nitrogens with zero attached hydrogens (tertiary/aromatic N) is 1. The molecule has 1 aromatic rings.